The molecule has 0 amide bonds. The fourth-order valence-corrected chi connectivity index (χ4v) is 2.05. The minimum Gasteiger partial charge on any atom is -0.395 e. The van der Waals surface area contributed by atoms with Crippen molar-refractivity contribution in [2.75, 3.05) is 33.4 Å². The summed E-state index contributed by atoms with van der Waals surface area (Å²) in [7, 11) is 1.70. The van der Waals surface area contributed by atoms with E-state index in [9.17, 15) is 0 Å². The Morgan fingerprint density at radius 3 is 2.29 bits per heavy atom. The molecule has 1 rings (SSSR count). The number of aryl methyl sites for hydroxylation is 2. The van der Waals surface area contributed by atoms with Crippen LogP contribution in [0.15, 0.2) is 18.2 Å². The molecular weight excluding hydrogens is 214 g/mol. The van der Waals surface area contributed by atoms with Crippen molar-refractivity contribution in [1.29, 1.82) is 0 Å². The van der Waals surface area contributed by atoms with Gasteiger partial charge in [-0.25, -0.2) is 0 Å². The SMILES string of the molecule is COCCN(CCO)Cc1cc(C)cc(C)c1. The number of nitrogens with zero attached hydrogens (tertiary/aromatic N) is 1. The molecule has 0 saturated heterocycles. The maximum atomic E-state index is 9.04. The molecule has 0 aliphatic carbocycles. The molecule has 96 valence electrons. The van der Waals surface area contributed by atoms with E-state index in [-0.39, 0.29) is 6.61 Å². The Bertz CT molecular complexity index is 319. The molecule has 0 bridgehead atoms. The predicted octanol–water partition coefficient (Wildman–Crippen LogP) is 1.74. The van der Waals surface area contributed by atoms with Crippen LogP contribution in [0.25, 0.3) is 0 Å². The van der Waals surface area contributed by atoms with E-state index >= 15 is 0 Å². The van der Waals surface area contributed by atoms with Crippen LogP contribution in [0.4, 0.5) is 0 Å². The monoisotopic (exact) mass is 237 g/mol. The second-order valence-corrected chi connectivity index (χ2v) is 4.49. The number of aliphatic hydroxyl groups is 1. The largest absolute Gasteiger partial charge is 0.395 e. The molecule has 17 heavy (non-hydrogen) atoms. The molecule has 0 aromatic heterocycles. The van der Waals surface area contributed by atoms with E-state index in [1.807, 2.05) is 0 Å². The molecule has 0 heterocycles. The van der Waals surface area contributed by atoms with Crippen LogP contribution >= 0.6 is 0 Å². The first-order valence-corrected chi connectivity index (χ1v) is 6.05. The summed E-state index contributed by atoms with van der Waals surface area (Å²) in [5, 5.41) is 9.04. The third kappa shape index (κ3) is 5.31. The maximum Gasteiger partial charge on any atom is 0.0589 e. The van der Waals surface area contributed by atoms with Gasteiger partial charge in [0, 0.05) is 26.7 Å². The molecular formula is C14H23NO2. The van der Waals surface area contributed by atoms with Crippen molar-refractivity contribution in [3.05, 3.63) is 34.9 Å². The molecule has 0 fully saturated rings. The molecule has 0 spiro atoms. The summed E-state index contributed by atoms with van der Waals surface area (Å²) in [4.78, 5) is 2.21. The summed E-state index contributed by atoms with van der Waals surface area (Å²) < 4.78 is 5.08. The summed E-state index contributed by atoms with van der Waals surface area (Å²) in [6, 6.07) is 6.57. The van der Waals surface area contributed by atoms with Crippen molar-refractivity contribution >= 4 is 0 Å². The summed E-state index contributed by atoms with van der Waals surface area (Å²) in [5.74, 6) is 0. The number of ether oxygens (including phenoxy) is 1. The van der Waals surface area contributed by atoms with Gasteiger partial charge in [-0.05, 0) is 19.4 Å². The number of hydrogen-bond acceptors (Lipinski definition) is 3. The molecule has 3 nitrogen and oxygen atoms in total. The van der Waals surface area contributed by atoms with E-state index < -0.39 is 0 Å². The minimum atomic E-state index is 0.189. The molecule has 3 heteroatoms. The van der Waals surface area contributed by atoms with Crippen molar-refractivity contribution in [1.82, 2.24) is 4.90 Å². The van der Waals surface area contributed by atoms with E-state index in [1.54, 1.807) is 7.11 Å². The van der Waals surface area contributed by atoms with Crippen molar-refractivity contribution in [3.63, 3.8) is 0 Å². The van der Waals surface area contributed by atoms with Crippen LogP contribution in [0.2, 0.25) is 0 Å². The Morgan fingerprint density at radius 1 is 1.12 bits per heavy atom. The summed E-state index contributed by atoms with van der Waals surface area (Å²) in [6.07, 6.45) is 0. The molecule has 0 radical (unpaired) electrons. The highest BCUT2D eigenvalue weighted by atomic mass is 16.5. The number of rotatable bonds is 7. The van der Waals surface area contributed by atoms with Gasteiger partial charge in [0.05, 0.1) is 13.2 Å². The lowest BCUT2D eigenvalue weighted by molar-refractivity contribution is 0.127. The lowest BCUT2D eigenvalue weighted by Gasteiger charge is -2.21. The number of hydrogen-bond donors (Lipinski definition) is 1. The first-order valence-electron chi connectivity index (χ1n) is 6.05. The van der Waals surface area contributed by atoms with E-state index in [0.717, 1.165) is 13.1 Å². The molecule has 0 aliphatic heterocycles. The van der Waals surface area contributed by atoms with Crippen molar-refractivity contribution in [3.8, 4) is 0 Å². The van der Waals surface area contributed by atoms with Crippen LogP contribution in [0.5, 0.6) is 0 Å². The van der Waals surface area contributed by atoms with E-state index in [0.29, 0.717) is 13.2 Å². The standard InChI is InChI=1S/C14H23NO2/c1-12-8-13(2)10-14(9-12)11-15(4-6-16)5-7-17-3/h8-10,16H,4-7,11H2,1-3H3. The number of methoxy groups -OCH3 is 1. The van der Waals surface area contributed by atoms with E-state index in [2.05, 4.69) is 36.9 Å². The Hall–Kier alpha value is -0.900. The van der Waals surface area contributed by atoms with Crippen LogP contribution in [0.1, 0.15) is 16.7 Å². The third-order valence-electron chi connectivity index (χ3n) is 2.72. The molecule has 1 N–H and O–H groups in total. The van der Waals surface area contributed by atoms with Gasteiger partial charge >= 0.3 is 0 Å². The zero-order valence-corrected chi connectivity index (χ0v) is 11.1. The van der Waals surface area contributed by atoms with Gasteiger partial charge in [0.25, 0.3) is 0 Å². The van der Waals surface area contributed by atoms with Gasteiger partial charge in [-0.1, -0.05) is 29.3 Å². The highest BCUT2D eigenvalue weighted by Crippen LogP contribution is 2.11. The first kappa shape index (κ1) is 14.2. The van der Waals surface area contributed by atoms with Crippen LogP contribution < -0.4 is 0 Å². The zero-order valence-electron chi connectivity index (χ0n) is 11.1. The van der Waals surface area contributed by atoms with Crippen molar-refractivity contribution in [2.24, 2.45) is 0 Å². The first-order chi connectivity index (χ1) is 8.15. The summed E-state index contributed by atoms with van der Waals surface area (Å²) >= 11 is 0. The Balaban J connectivity index is 2.63. The lowest BCUT2D eigenvalue weighted by Crippen LogP contribution is -2.29. The number of aliphatic hydroxyl groups excluding tert-OH is 1. The molecule has 0 saturated carbocycles. The van der Waals surface area contributed by atoms with Crippen LogP contribution in [-0.2, 0) is 11.3 Å². The number of benzene rings is 1. The van der Waals surface area contributed by atoms with E-state index in [1.165, 1.54) is 16.7 Å². The fraction of sp³-hybridized carbons (Fsp3) is 0.571. The lowest BCUT2D eigenvalue weighted by atomic mass is 10.1. The Kier molecular flexibility index (Phi) is 6.19. The molecule has 1 aromatic rings. The smallest absolute Gasteiger partial charge is 0.0589 e. The second kappa shape index (κ2) is 7.43. The highest BCUT2D eigenvalue weighted by Gasteiger charge is 2.05. The van der Waals surface area contributed by atoms with Crippen LogP contribution in [-0.4, -0.2) is 43.4 Å². The van der Waals surface area contributed by atoms with Gasteiger partial charge in [0.1, 0.15) is 0 Å². The van der Waals surface area contributed by atoms with Gasteiger partial charge in [0.2, 0.25) is 0 Å². The second-order valence-electron chi connectivity index (χ2n) is 4.49. The van der Waals surface area contributed by atoms with Gasteiger partial charge in [-0.2, -0.15) is 0 Å². The highest BCUT2D eigenvalue weighted by molar-refractivity contribution is 5.28. The van der Waals surface area contributed by atoms with Gasteiger partial charge in [0.15, 0.2) is 0 Å². The molecule has 0 atom stereocenters. The minimum absolute atomic E-state index is 0.189. The molecule has 0 aliphatic rings. The summed E-state index contributed by atoms with van der Waals surface area (Å²) in [5.41, 5.74) is 3.87. The Labute approximate surface area is 104 Å². The van der Waals surface area contributed by atoms with E-state index in [4.69, 9.17) is 9.84 Å². The predicted molar refractivity (Wildman–Crippen MR) is 70.2 cm³/mol. The normalized spacial score (nSPS) is 11.1. The summed E-state index contributed by atoms with van der Waals surface area (Å²) in [6.45, 7) is 7.52. The molecule has 0 unspecified atom stereocenters. The topological polar surface area (TPSA) is 32.7 Å². The fourth-order valence-electron chi connectivity index (χ4n) is 2.05. The molecule has 1 aromatic carbocycles. The Morgan fingerprint density at radius 2 is 1.76 bits per heavy atom. The van der Waals surface area contributed by atoms with Crippen LogP contribution in [0, 0.1) is 13.8 Å². The van der Waals surface area contributed by atoms with Gasteiger partial charge in [-0.15, -0.1) is 0 Å². The van der Waals surface area contributed by atoms with Crippen molar-refractivity contribution in [2.45, 2.75) is 20.4 Å². The van der Waals surface area contributed by atoms with Crippen LogP contribution in [0.3, 0.4) is 0 Å². The van der Waals surface area contributed by atoms with Crippen molar-refractivity contribution < 1.29 is 9.84 Å². The quantitative estimate of drug-likeness (QED) is 0.784. The van der Waals surface area contributed by atoms with Gasteiger partial charge < -0.3 is 9.84 Å². The average molecular weight is 237 g/mol. The zero-order chi connectivity index (χ0) is 12.7. The maximum absolute atomic E-state index is 9.04. The van der Waals surface area contributed by atoms with Gasteiger partial charge in [-0.3, -0.25) is 4.90 Å². The third-order valence-corrected chi connectivity index (χ3v) is 2.72. The average Bonchev–Trinajstić information content (AvgIpc) is 2.24.